The van der Waals surface area contributed by atoms with E-state index in [-0.39, 0.29) is 0 Å². The fourth-order valence-electron chi connectivity index (χ4n) is 2.20. The number of nitrogens with one attached hydrogen (secondary N) is 1. The molecule has 2 nitrogen and oxygen atoms in total. The van der Waals surface area contributed by atoms with E-state index in [1.165, 1.54) is 25.7 Å². The van der Waals surface area contributed by atoms with Crippen molar-refractivity contribution in [2.45, 2.75) is 44.7 Å². The molecule has 1 heterocycles. The Labute approximate surface area is 74.7 Å². The van der Waals surface area contributed by atoms with Gasteiger partial charge in [-0.1, -0.05) is 19.8 Å². The Morgan fingerprint density at radius 3 is 2.50 bits per heavy atom. The van der Waals surface area contributed by atoms with E-state index in [1.807, 2.05) is 0 Å². The summed E-state index contributed by atoms with van der Waals surface area (Å²) in [5.41, 5.74) is 0. The second-order valence-corrected chi connectivity index (χ2v) is 4.27. The van der Waals surface area contributed by atoms with Crippen molar-refractivity contribution in [1.29, 1.82) is 0 Å². The summed E-state index contributed by atoms with van der Waals surface area (Å²) < 4.78 is 5.15. The summed E-state index contributed by atoms with van der Waals surface area (Å²) in [5.74, 6) is 0.874. The van der Waals surface area contributed by atoms with Gasteiger partial charge in [0.25, 0.3) is 0 Å². The molecule has 12 heavy (non-hydrogen) atoms. The Hall–Kier alpha value is -0.0800. The predicted octanol–water partition coefficient (Wildman–Crippen LogP) is 1.55. The lowest BCUT2D eigenvalue weighted by Gasteiger charge is -2.36. The molecule has 0 amide bonds. The molecule has 1 N–H and O–H groups in total. The normalized spacial score (nSPS) is 37.8. The van der Waals surface area contributed by atoms with Crippen LogP contribution in [0.15, 0.2) is 0 Å². The zero-order chi connectivity index (χ0) is 8.39. The van der Waals surface area contributed by atoms with Gasteiger partial charge in [-0.2, -0.15) is 0 Å². The smallest absolute Gasteiger partial charge is 0.0643 e. The molecule has 2 unspecified atom stereocenters. The number of ether oxygens (including phenoxy) is 1. The Balaban J connectivity index is 1.76. The van der Waals surface area contributed by atoms with Gasteiger partial charge < -0.3 is 10.1 Å². The van der Waals surface area contributed by atoms with Crippen LogP contribution in [0.1, 0.15) is 32.6 Å². The van der Waals surface area contributed by atoms with Crippen LogP contribution >= 0.6 is 0 Å². The van der Waals surface area contributed by atoms with Crippen LogP contribution in [-0.2, 0) is 4.74 Å². The molecule has 2 aliphatic rings. The first kappa shape index (κ1) is 8.52. The molecule has 70 valence electrons. The zero-order valence-electron chi connectivity index (χ0n) is 7.88. The Bertz CT molecular complexity index is 145. The standard InChI is InChI=1S/C10H19NO/c1-8-4-2-3-5-10(8)11-9-6-12-7-9/h8-11H,2-7H2,1H3. The second kappa shape index (κ2) is 3.75. The summed E-state index contributed by atoms with van der Waals surface area (Å²) in [7, 11) is 0. The van der Waals surface area contributed by atoms with E-state index in [1.54, 1.807) is 0 Å². The highest BCUT2D eigenvalue weighted by molar-refractivity contribution is 4.84. The fraction of sp³-hybridized carbons (Fsp3) is 1.00. The van der Waals surface area contributed by atoms with Gasteiger partial charge in [-0.15, -0.1) is 0 Å². The maximum Gasteiger partial charge on any atom is 0.0643 e. The Kier molecular flexibility index (Phi) is 2.66. The summed E-state index contributed by atoms with van der Waals surface area (Å²) in [6.45, 7) is 4.24. The molecule has 0 radical (unpaired) electrons. The summed E-state index contributed by atoms with van der Waals surface area (Å²) in [6, 6.07) is 1.43. The molecule has 1 saturated heterocycles. The van der Waals surface area contributed by atoms with Crippen molar-refractivity contribution in [3.05, 3.63) is 0 Å². The molecule has 0 aromatic rings. The fourth-order valence-corrected chi connectivity index (χ4v) is 2.20. The predicted molar refractivity (Wildman–Crippen MR) is 49.2 cm³/mol. The first-order valence-electron chi connectivity index (χ1n) is 5.20. The van der Waals surface area contributed by atoms with Crippen molar-refractivity contribution in [3.63, 3.8) is 0 Å². The molecule has 0 aromatic carbocycles. The number of hydrogen-bond acceptors (Lipinski definition) is 2. The Morgan fingerprint density at radius 2 is 1.92 bits per heavy atom. The molecular weight excluding hydrogens is 150 g/mol. The number of hydrogen-bond donors (Lipinski definition) is 1. The highest BCUT2D eigenvalue weighted by Crippen LogP contribution is 2.24. The quantitative estimate of drug-likeness (QED) is 0.677. The third-order valence-corrected chi connectivity index (χ3v) is 3.20. The van der Waals surface area contributed by atoms with Crippen LogP contribution in [0.3, 0.4) is 0 Å². The average Bonchev–Trinajstić information content (AvgIpc) is 2.00. The topological polar surface area (TPSA) is 21.3 Å². The van der Waals surface area contributed by atoms with Crippen molar-refractivity contribution in [3.8, 4) is 0 Å². The van der Waals surface area contributed by atoms with Gasteiger partial charge in [0.05, 0.1) is 19.3 Å². The molecule has 0 aromatic heterocycles. The summed E-state index contributed by atoms with van der Waals surface area (Å²) in [4.78, 5) is 0. The minimum absolute atomic E-state index is 0.663. The molecule has 2 fully saturated rings. The van der Waals surface area contributed by atoms with Gasteiger partial charge in [-0.25, -0.2) is 0 Å². The van der Waals surface area contributed by atoms with E-state index in [0.717, 1.165) is 25.2 Å². The van der Waals surface area contributed by atoms with Crippen LogP contribution < -0.4 is 5.32 Å². The van der Waals surface area contributed by atoms with E-state index < -0.39 is 0 Å². The molecular formula is C10H19NO. The maximum absolute atomic E-state index is 5.15. The van der Waals surface area contributed by atoms with Gasteiger partial charge in [0.1, 0.15) is 0 Å². The zero-order valence-corrected chi connectivity index (χ0v) is 7.88. The highest BCUT2D eigenvalue weighted by Gasteiger charge is 2.26. The van der Waals surface area contributed by atoms with Gasteiger partial charge in [0.2, 0.25) is 0 Å². The van der Waals surface area contributed by atoms with E-state index in [0.29, 0.717) is 6.04 Å². The first-order valence-corrected chi connectivity index (χ1v) is 5.20. The van der Waals surface area contributed by atoms with Gasteiger partial charge in [-0.3, -0.25) is 0 Å². The SMILES string of the molecule is CC1CCCCC1NC1COC1. The van der Waals surface area contributed by atoms with Crippen molar-refractivity contribution >= 4 is 0 Å². The van der Waals surface area contributed by atoms with E-state index in [9.17, 15) is 0 Å². The second-order valence-electron chi connectivity index (χ2n) is 4.27. The third kappa shape index (κ3) is 1.80. The van der Waals surface area contributed by atoms with Gasteiger partial charge in [0, 0.05) is 6.04 Å². The van der Waals surface area contributed by atoms with Crippen molar-refractivity contribution in [2.24, 2.45) is 5.92 Å². The lowest BCUT2D eigenvalue weighted by Crippen LogP contribution is -2.52. The van der Waals surface area contributed by atoms with Crippen LogP contribution in [0.4, 0.5) is 0 Å². The highest BCUT2D eigenvalue weighted by atomic mass is 16.5. The molecule has 1 aliphatic heterocycles. The maximum atomic E-state index is 5.15. The van der Waals surface area contributed by atoms with Gasteiger partial charge in [0.15, 0.2) is 0 Å². The molecule has 2 heteroatoms. The van der Waals surface area contributed by atoms with Gasteiger partial charge in [-0.05, 0) is 18.8 Å². The van der Waals surface area contributed by atoms with Crippen molar-refractivity contribution < 1.29 is 4.74 Å². The van der Waals surface area contributed by atoms with E-state index in [4.69, 9.17) is 4.74 Å². The van der Waals surface area contributed by atoms with E-state index in [2.05, 4.69) is 12.2 Å². The monoisotopic (exact) mass is 169 g/mol. The molecule has 1 aliphatic carbocycles. The van der Waals surface area contributed by atoms with E-state index >= 15 is 0 Å². The van der Waals surface area contributed by atoms with Crippen molar-refractivity contribution in [1.82, 2.24) is 5.32 Å². The first-order chi connectivity index (χ1) is 5.86. The van der Waals surface area contributed by atoms with Crippen LogP contribution in [0.5, 0.6) is 0 Å². The average molecular weight is 169 g/mol. The summed E-state index contributed by atoms with van der Waals surface area (Å²) in [6.07, 6.45) is 5.62. The molecule has 2 atom stereocenters. The minimum atomic E-state index is 0.663. The molecule has 0 bridgehead atoms. The largest absolute Gasteiger partial charge is 0.378 e. The summed E-state index contributed by atoms with van der Waals surface area (Å²) >= 11 is 0. The lowest BCUT2D eigenvalue weighted by atomic mass is 9.85. The number of rotatable bonds is 2. The lowest BCUT2D eigenvalue weighted by molar-refractivity contribution is -0.0150. The van der Waals surface area contributed by atoms with Crippen LogP contribution in [-0.4, -0.2) is 25.3 Å². The van der Waals surface area contributed by atoms with Crippen LogP contribution in [0, 0.1) is 5.92 Å². The molecule has 2 rings (SSSR count). The Morgan fingerprint density at radius 1 is 1.17 bits per heavy atom. The van der Waals surface area contributed by atoms with Gasteiger partial charge >= 0.3 is 0 Å². The minimum Gasteiger partial charge on any atom is -0.378 e. The molecule has 0 spiro atoms. The van der Waals surface area contributed by atoms with Crippen LogP contribution in [0.25, 0.3) is 0 Å². The van der Waals surface area contributed by atoms with Crippen molar-refractivity contribution in [2.75, 3.05) is 13.2 Å². The summed E-state index contributed by atoms with van der Waals surface area (Å²) in [5, 5.41) is 3.68. The third-order valence-electron chi connectivity index (χ3n) is 3.20. The molecule has 1 saturated carbocycles. The van der Waals surface area contributed by atoms with Crippen LogP contribution in [0.2, 0.25) is 0 Å².